The van der Waals surface area contributed by atoms with Crippen molar-refractivity contribution in [1.29, 1.82) is 0 Å². The Balaban J connectivity index is 0. The van der Waals surface area contributed by atoms with E-state index in [1.807, 2.05) is 13.8 Å². The van der Waals surface area contributed by atoms with Crippen molar-refractivity contribution in [1.82, 2.24) is 10.3 Å². The van der Waals surface area contributed by atoms with Crippen LogP contribution in [0.5, 0.6) is 5.88 Å². The summed E-state index contributed by atoms with van der Waals surface area (Å²) in [5, 5.41) is 2.58. The van der Waals surface area contributed by atoms with Gasteiger partial charge in [-0.1, -0.05) is 19.9 Å². The average molecular weight is 392 g/mol. The Morgan fingerprint density at radius 2 is 2.00 bits per heavy atom. The third-order valence-corrected chi connectivity index (χ3v) is 2.74. The van der Waals surface area contributed by atoms with Gasteiger partial charge in [-0.2, -0.15) is 13.2 Å². The predicted molar refractivity (Wildman–Crippen MR) is 89.6 cm³/mol. The second kappa shape index (κ2) is 11.3. The first-order valence-electron chi connectivity index (χ1n) is 6.85. The lowest BCUT2D eigenvalue weighted by atomic mass is 10.0. The van der Waals surface area contributed by atoms with Crippen LogP contribution in [0.25, 0.3) is 0 Å². The highest BCUT2D eigenvalue weighted by atomic mass is 35.5. The van der Waals surface area contributed by atoms with Crippen molar-refractivity contribution in [3.63, 3.8) is 0 Å². The number of hydrogen-bond acceptors (Lipinski definition) is 4. The quantitative estimate of drug-likeness (QED) is 0.748. The van der Waals surface area contributed by atoms with E-state index in [0.29, 0.717) is 12.0 Å². The largest absolute Gasteiger partial charge is 0.468 e. The van der Waals surface area contributed by atoms with Crippen molar-refractivity contribution in [2.75, 3.05) is 6.61 Å². The molecule has 1 aromatic rings. The number of amides is 1. The fourth-order valence-corrected chi connectivity index (χ4v) is 1.77. The van der Waals surface area contributed by atoms with Crippen LogP contribution in [0.1, 0.15) is 25.8 Å². The molecule has 1 rings (SSSR count). The Bertz CT molecular complexity index is 502. The minimum absolute atomic E-state index is 0. The molecule has 1 amide bonds. The van der Waals surface area contributed by atoms with Crippen molar-refractivity contribution in [2.24, 2.45) is 11.7 Å². The van der Waals surface area contributed by atoms with E-state index >= 15 is 0 Å². The Morgan fingerprint density at radius 1 is 1.38 bits per heavy atom. The molecular weight excluding hydrogens is 370 g/mol. The molecule has 1 heterocycles. The van der Waals surface area contributed by atoms with E-state index in [0.717, 1.165) is 0 Å². The van der Waals surface area contributed by atoms with Crippen molar-refractivity contribution in [3.8, 4) is 5.88 Å². The van der Waals surface area contributed by atoms with Gasteiger partial charge in [0.05, 0.1) is 6.04 Å². The topological polar surface area (TPSA) is 77.2 Å². The molecular formula is C14H22Cl2F3N3O2. The van der Waals surface area contributed by atoms with Gasteiger partial charge in [0.25, 0.3) is 0 Å². The maximum absolute atomic E-state index is 12.2. The molecule has 1 atom stereocenters. The van der Waals surface area contributed by atoms with Gasteiger partial charge in [-0.3, -0.25) is 4.79 Å². The summed E-state index contributed by atoms with van der Waals surface area (Å²) >= 11 is 0. The Kier molecular flexibility index (Phi) is 11.8. The summed E-state index contributed by atoms with van der Waals surface area (Å²) in [6.45, 7) is 2.46. The van der Waals surface area contributed by atoms with Gasteiger partial charge in [0.1, 0.15) is 0 Å². The van der Waals surface area contributed by atoms with Crippen LogP contribution in [0.3, 0.4) is 0 Å². The first-order valence-corrected chi connectivity index (χ1v) is 6.85. The molecule has 0 saturated heterocycles. The minimum atomic E-state index is -4.45. The van der Waals surface area contributed by atoms with Crippen LogP contribution in [0.4, 0.5) is 13.2 Å². The van der Waals surface area contributed by atoms with Crippen LogP contribution in [-0.4, -0.2) is 29.7 Å². The van der Waals surface area contributed by atoms with E-state index in [-0.39, 0.29) is 49.1 Å². The van der Waals surface area contributed by atoms with E-state index < -0.39 is 18.8 Å². The summed E-state index contributed by atoms with van der Waals surface area (Å²) in [6, 6.07) is 2.43. The Morgan fingerprint density at radius 3 is 2.54 bits per heavy atom. The third-order valence-electron chi connectivity index (χ3n) is 2.74. The second-order valence-electron chi connectivity index (χ2n) is 5.33. The third kappa shape index (κ3) is 9.79. The molecule has 10 heteroatoms. The van der Waals surface area contributed by atoms with Gasteiger partial charge in [-0.15, -0.1) is 24.8 Å². The van der Waals surface area contributed by atoms with Crippen molar-refractivity contribution in [3.05, 3.63) is 23.9 Å². The van der Waals surface area contributed by atoms with Gasteiger partial charge >= 0.3 is 6.18 Å². The standard InChI is InChI=1S/C14H20F3N3O2.2ClH/c1-9(2)6-11(18)12(21)20-7-10-4-3-5-19-13(10)22-8-14(15,16)17;;/h3-5,9,11H,6-8,18H2,1-2H3,(H,20,21);2*1H/t11-;;/m0../s1. The van der Waals surface area contributed by atoms with E-state index in [1.165, 1.54) is 12.3 Å². The van der Waals surface area contributed by atoms with E-state index in [2.05, 4.69) is 15.0 Å². The first kappa shape index (κ1) is 25.0. The number of carbonyl (C=O) groups is 1. The number of nitrogens with one attached hydrogen (secondary N) is 1. The smallest absolute Gasteiger partial charge is 0.422 e. The van der Waals surface area contributed by atoms with Crippen molar-refractivity contribution in [2.45, 2.75) is 39.0 Å². The molecule has 0 aliphatic rings. The summed E-state index contributed by atoms with van der Waals surface area (Å²) in [5.41, 5.74) is 6.09. The van der Waals surface area contributed by atoms with Gasteiger partial charge in [-0.25, -0.2) is 4.98 Å². The summed E-state index contributed by atoms with van der Waals surface area (Å²) in [4.78, 5) is 15.6. The van der Waals surface area contributed by atoms with Gasteiger partial charge < -0.3 is 15.8 Å². The lowest BCUT2D eigenvalue weighted by molar-refractivity contribution is -0.154. The van der Waals surface area contributed by atoms with Gasteiger partial charge in [0.2, 0.25) is 11.8 Å². The molecule has 0 aliphatic carbocycles. The molecule has 0 aliphatic heterocycles. The Hall–Kier alpha value is -1.25. The molecule has 0 fully saturated rings. The van der Waals surface area contributed by atoms with Crippen LogP contribution in [0.2, 0.25) is 0 Å². The summed E-state index contributed by atoms with van der Waals surface area (Å²) in [5.74, 6) is -0.248. The van der Waals surface area contributed by atoms with E-state index in [9.17, 15) is 18.0 Å². The fourth-order valence-electron chi connectivity index (χ4n) is 1.77. The van der Waals surface area contributed by atoms with Crippen LogP contribution in [-0.2, 0) is 11.3 Å². The summed E-state index contributed by atoms with van der Waals surface area (Å²) < 4.78 is 41.2. The van der Waals surface area contributed by atoms with E-state index in [4.69, 9.17) is 5.73 Å². The van der Waals surface area contributed by atoms with Crippen LogP contribution in [0.15, 0.2) is 18.3 Å². The molecule has 140 valence electrons. The number of ether oxygens (including phenoxy) is 1. The molecule has 0 saturated carbocycles. The molecule has 0 aromatic carbocycles. The van der Waals surface area contributed by atoms with Gasteiger partial charge in [0, 0.05) is 18.3 Å². The monoisotopic (exact) mass is 391 g/mol. The maximum Gasteiger partial charge on any atom is 0.422 e. The molecule has 0 unspecified atom stereocenters. The van der Waals surface area contributed by atoms with Crippen LogP contribution < -0.4 is 15.8 Å². The Labute approximate surface area is 151 Å². The molecule has 3 N–H and O–H groups in total. The zero-order valence-corrected chi connectivity index (χ0v) is 14.9. The second-order valence-corrected chi connectivity index (χ2v) is 5.33. The summed E-state index contributed by atoms with van der Waals surface area (Å²) in [7, 11) is 0. The average Bonchev–Trinajstić information content (AvgIpc) is 2.41. The highest BCUT2D eigenvalue weighted by molar-refractivity contribution is 5.85. The maximum atomic E-state index is 12.2. The number of rotatable bonds is 7. The first-order chi connectivity index (χ1) is 10.2. The fraction of sp³-hybridized carbons (Fsp3) is 0.571. The normalized spacial score (nSPS) is 12.0. The zero-order chi connectivity index (χ0) is 16.8. The molecule has 0 spiro atoms. The van der Waals surface area contributed by atoms with Crippen molar-refractivity contribution < 1.29 is 22.7 Å². The number of hydrogen-bond donors (Lipinski definition) is 2. The lowest BCUT2D eigenvalue weighted by Gasteiger charge is -2.15. The number of nitrogens with two attached hydrogens (primary N) is 1. The molecule has 5 nitrogen and oxygen atoms in total. The lowest BCUT2D eigenvalue weighted by Crippen LogP contribution is -2.41. The highest BCUT2D eigenvalue weighted by Gasteiger charge is 2.29. The minimum Gasteiger partial charge on any atom is -0.468 e. The summed E-state index contributed by atoms with van der Waals surface area (Å²) in [6.07, 6.45) is -2.60. The zero-order valence-electron chi connectivity index (χ0n) is 13.3. The number of carbonyl (C=O) groups excluding carboxylic acids is 1. The number of nitrogens with zero attached hydrogens (tertiary/aromatic N) is 1. The number of alkyl halides is 3. The molecule has 1 aromatic heterocycles. The predicted octanol–water partition coefficient (Wildman–Crippen LogP) is 2.86. The van der Waals surface area contributed by atoms with Gasteiger partial charge in [-0.05, 0) is 18.4 Å². The number of halogens is 5. The van der Waals surface area contributed by atoms with Crippen LogP contribution >= 0.6 is 24.8 Å². The highest BCUT2D eigenvalue weighted by Crippen LogP contribution is 2.19. The molecule has 0 bridgehead atoms. The van der Waals surface area contributed by atoms with Gasteiger partial charge in [0.15, 0.2) is 6.61 Å². The van der Waals surface area contributed by atoms with Crippen LogP contribution in [0, 0.1) is 5.92 Å². The number of pyridine rings is 1. The van der Waals surface area contributed by atoms with Crippen molar-refractivity contribution >= 4 is 30.7 Å². The number of aromatic nitrogens is 1. The van der Waals surface area contributed by atoms with E-state index in [1.54, 1.807) is 6.07 Å². The molecule has 24 heavy (non-hydrogen) atoms. The SMILES string of the molecule is CC(C)C[C@H](N)C(=O)NCc1cccnc1OCC(F)(F)F.Cl.Cl. The molecule has 0 radical (unpaired) electrons.